The van der Waals surface area contributed by atoms with Crippen molar-refractivity contribution in [1.29, 1.82) is 5.26 Å². The van der Waals surface area contributed by atoms with Crippen molar-refractivity contribution < 1.29 is 19.0 Å². The van der Waals surface area contributed by atoms with Crippen LogP contribution in [0.25, 0.3) is 0 Å². The van der Waals surface area contributed by atoms with E-state index in [4.69, 9.17) is 19.9 Å². The molecule has 144 valence electrons. The highest BCUT2D eigenvalue weighted by molar-refractivity contribution is 5.92. The number of hydrogen-bond donors (Lipinski definition) is 1. The van der Waals surface area contributed by atoms with E-state index in [1.807, 2.05) is 25.1 Å². The number of aryl methyl sites for hydroxylation is 1. The molecule has 0 saturated heterocycles. The van der Waals surface area contributed by atoms with Crippen LogP contribution in [-0.2, 0) is 14.3 Å². The molecule has 1 aromatic rings. The van der Waals surface area contributed by atoms with E-state index >= 15 is 0 Å². The number of carbonyl (C=O) groups is 1. The lowest BCUT2D eigenvalue weighted by Crippen LogP contribution is -2.25. The highest BCUT2D eigenvalue weighted by Gasteiger charge is 2.36. The molecule has 0 spiro atoms. The Hall–Kier alpha value is -2.94. The highest BCUT2D eigenvalue weighted by atomic mass is 16.5. The Bertz CT molecular complexity index is 818. The van der Waals surface area contributed by atoms with Crippen LogP contribution in [0.5, 0.6) is 5.75 Å². The Labute approximate surface area is 160 Å². The number of unbranched alkanes of at least 4 members (excludes halogenated alkanes) is 1. The summed E-state index contributed by atoms with van der Waals surface area (Å²) in [6.45, 7) is 8.26. The maximum atomic E-state index is 12.6. The molecule has 0 fully saturated rings. The van der Waals surface area contributed by atoms with Crippen molar-refractivity contribution in [3.8, 4) is 11.8 Å². The Morgan fingerprint density at radius 3 is 2.70 bits per heavy atom. The number of carbonyl (C=O) groups excluding carboxylic acids is 1. The van der Waals surface area contributed by atoms with E-state index in [0.29, 0.717) is 12.4 Å². The second kappa shape index (κ2) is 9.13. The SMILES string of the molecule is CCCCOc1cc(C2C(C#N)=C(N)OC(C)=C2C(=O)OCC)ccc1C. The van der Waals surface area contributed by atoms with E-state index in [9.17, 15) is 10.1 Å². The first-order valence-electron chi connectivity index (χ1n) is 9.13. The Morgan fingerprint density at radius 2 is 2.07 bits per heavy atom. The van der Waals surface area contributed by atoms with E-state index in [2.05, 4.69) is 13.0 Å². The van der Waals surface area contributed by atoms with Gasteiger partial charge in [0.25, 0.3) is 0 Å². The third-order valence-electron chi connectivity index (χ3n) is 4.40. The van der Waals surface area contributed by atoms with Gasteiger partial charge in [-0.2, -0.15) is 5.26 Å². The fourth-order valence-electron chi connectivity index (χ4n) is 2.97. The lowest BCUT2D eigenvalue weighted by atomic mass is 9.82. The standard InChI is InChI=1S/C21H26N2O4/c1-5-7-10-26-17-11-15(9-8-13(17)3)19-16(12-22)20(23)27-14(4)18(19)21(24)25-6-2/h8-9,11,19H,5-7,10,23H2,1-4H3. The fraction of sp³-hybridized carbons (Fsp3) is 0.429. The van der Waals surface area contributed by atoms with E-state index < -0.39 is 11.9 Å². The van der Waals surface area contributed by atoms with Gasteiger partial charge in [0.1, 0.15) is 23.2 Å². The summed E-state index contributed by atoms with van der Waals surface area (Å²) in [6.07, 6.45) is 1.98. The normalized spacial score (nSPS) is 16.6. The monoisotopic (exact) mass is 370 g/mol. The fourth-order valence-corrected chi connectivity index (χ4v) is 2.97. The smallest absolute Gasteiger partial charge is 0.338 e. The molecule has 6 heteroatoms. The maximum absolute atomic E-state index is 12.6. The van der Waals surface area contributed by atoms with E-state index in [-0.39, 0.29) is 23.6 Å². The van der Waals surface area contributed by atoms with Crippen molar-refractivity contribution in [3.05, 3.63) is 52.1 Å². The first-order chi connectivity index (χ1) is 12.9. The summed E-state index contributed by atoms with van der Waals surface area (Å²) in [7, 11) is 0. The summed E-state index contributed by atoms with van der Waals surface area (Å²) >= 11 is 0. The van der Waals surface area contributed by atoms with Crippen LogP contribution < -0.4 is 10.5 Å². The largest absolute Gasteiger partial charge is 0.493 e. The van der Waals surface area contributed by atoms with Crippen molar-refractivity contribution >= 4 is 5.97 Å². The van der Waals surface area contributed by atoms with Crippen molar-refractivity contribution in [2.24, 2.45) is 5.73 Å². The molecule has 1 atom stereocenters. The third-order valence-corrected chi connectivity index (χ3v) is 4.40. The Kier molecular flexibility index (Phi) is 6.89. The van der Waals surface area contributed by atoms with Gasteiger partial charge in [-0.3, -0.25) is 0 Å². The molecular weight excluding hydrogens is 344 g/mol. The number of hydrogen-bond acceptors (Lipinski definition) is 6. The number of rotatable bonds is 7. The van der Waals surface area contributed by atoms with E-state index in [1.54, 1.807) is 13.8 Å². The number of benzene rings is 1. The molecule has 27 heavy (non-hydrogen) atoms. The number of nitrogens with two attached hydrogens (primary N) is 1. The molecule has 0 radical (unpaired) electrons. The molecule has 2 rings (SSSR count). The van der Waals surface area contributed by atoms with Gasteiger partial charge in [-0.15, -0.1) is 0 Å². The number of ether oxygens (including phenoxy) is 3. The van der Waals surface area contributed by atoms with Gasteiger partial charge in [-0.25, -0.2) is 4.79 Å². The van der Waals surface area contributed by atoms with Gasteiger partial charge in [-0.05, 0) is 44.4 Å². The second-order valence-electron chi connectivity index (χ2n) is 6.34. The van der Waals surface area contributed by atoms with Crippen molar-refractivity contribution in [2.45, 2.75) is 46.5 Å². The molecule has 1 heterocycles. The van der Waals surface area contributed by atoms with Crippen LogP contribution in [0.1, 0.15) is 50.7 Å². The zero-order valence-electron chi connectivity index (χ0n) is 16.3. The molecule has 0 aliphatic carbocycles. The van der Waals surface area contributed by atoms with Gasteiger partial charge in [0, 0.05) is 0 Å². The van der Waals surface area contributed by atoms with Crippen molar-refractivity contribution in [2.75, 3.05) is 13.2 Å². The van der Waals surface area contributed by atoms with Crippen molar-refractivity contribution in [1.82, 2.24) is 0 Å². The average molecular weight is 370 g/mol. The minimum absolute atomic E-state index is 0.00192. The number of esters is 1. The molecule has 0 amide bonds. The van der Waals surface area contributed by atoms with E-state index in [1.165, 1.54) is 0 Å². The van der Waals surface area contributed by atoms with Gasteiger partial charge >= 0.3 is 5.97 Å². The van der Waals surface area contributed by atoms with Gasteiger partial charge in [0.2, 0.25) is 5.88 Å². The molecule has 0 aromatic heterocycles. The molecule has 0 saturated carbocycles. The second-order valence-corrected chi connectivity index (χ2v) is 6.34. The lowest BCUT2D eigenvalue weighted by molar-refractivity contribution is -0.139. The summed E-state index contributed by atoms with van der Waals surface area (Å²) < 4.78 is 16.5. The molecule has 6 nitrogen and oxygen atoms in total. The molecular formula is C21H26N2O4. The van der Waals surface area contributed by atoms with Gasteiger partial charge < -0.3 is 19.9 Å². The molecule has 1 aliphatic heterocycles. The minimum atomic E-state index is -0.656. The average Bonchev–Trinajstić information content (AvgIpc) is 2.63. The summed E-state index contributed by atoms with van der Waals surface area (Å²) in [5.74, 6) is -0.110. The number of nitrogens with zero attached hydrogens (tertiary/aromatic N) is 1. The van der Waals surface area contributed by atoms with Crippen LogP contribution in [0.15, 0.2) is 41.0 Å². The zero-order chi connectivity index (χ0) is 20.0. The predicted molar refractivity (Wildman–Crippen MR) is 102 cm³/mol. The predicted octanol–water partition coefficient (Wildman–Crippen LogP) is 3.82. The van der Waals surface area contributed by atoms with Crippen LogP contribution >= 0.6 is 0 Å². The Balaban J connectivity index is 2.53. The first kappa shape index (κ1) is 20.4. The summed E-state index contributed by atoms with van der Waals surface area (Å²) in [5.41, 5.74) is 8.11. The topological polar surface area (TPSA) is 94.6 Å². The van der Waals surface area contributed by atoms with Crippen LogP contribution in [0, 0.1) is 18.3 Å². The minimum Gasteiger partial charge on any atom is -0.493 e. The number of allylic oxidation sites excluding steroid dienone is 2. The van der Waals surface area contributed by atoms with Gasteiger partial charge in [0.15, 0.2) is 0 Å². The third kappa shape index (κ3) is 4.43. The lowest BCUT2D eigenvalue weighted by Gasteiger charge is -2.27. The van der Waals surface area contributed by atoms with Gasteiger partial charge in [-0.1, -0.05) is 25.5 Å². The maximum Gasteiger partial charge on any atom is 0.338 e. The van der Waals surface area contributed by atoms with Gasteiger partial charge in [0.05, 0.1) is 24.7 Å². The molecule has 1 aliphatic rings. The summed E-state index contributed by atoms with van der Waals surface area (Å²) in [4.78, 5) is 12.6. The molecule has 2 N–H and O–H groups in total. The molecule has 1 unspecified atom stereocenters. The molecule has 0 bridgehead atoms. The zero-order valence-corrected chi connectivity index (χ0v) is 16.3. The summed E-state index contributed by atoms with van der Waals surface area (Å²) in [6, 6.07) is 7.72. The van der Waals surface area contributed by atoms with Crippen LogP contribution in [0.3, 0.4) is 0 Å². The van der Waals surface area contributed by atoms with Crippen molar-refractivity contribution in [3.63, 3.8) is 0 Å². The highest BCUT2D eigenvalue weighted by Crippen LogP contribution is 2.40. The Morgan fingerprint density at radius 1 is 1.33 bits per heavy atom. The summed E-state index contributed by atoms with van der Waals surface area (Å²) in [5, 5.41) is 9.63. The number of nitriles is 1. The first-order valence-corrected chi connectivity index (χ1v) is 9.13. The van der Waals surface area contributed by atoms with E-state index in [0.717, 1.165) is 29.7 Å². The van der Waals surface area contributed by atoms with Crippen LogP contribution in [0.4, 0.5) is 0 Å². The van der Waals surface area contributed by atoms with Crippen LogP contribution in [0.2, 0.25) is 0 Å². The quantitative estimate of drug-likeness (QED) is 0.579. The van der Waals surface area contributed by atoms with Crippen LogP contribution in [-0.4, -0.2) is 19.2 Å². The molecule has 1 aromatic carbocycles.